The van der Waals surface area contributed by atoms with E-state index < -0.39 is 0 Å². The Morgan fingerprint density at radius 2 is 1.80 bits per heavy atom. The van der Waals surface area contributed by atoms with Crippen LogP contribution < -0.4 is 16.0 Å². The van der Waals surface area contributed by atoms with Crippen molar-refractivity contribution < 1.29 is 9.59 Å². The van der Waals surface area contributed by atoms with E-state index in [2.05, 4.69) is 20.9 Å². The summed E-state index contributed by atoms with van der Waals surface area (Å²) in [6, 6.07) is 14.8. The van der Waals surface area contributed by atoms with Crippen LogP contribution in [0.4, 0.5) is 10.5 Å². The number of carbonyl (C=O) groups excluding carboxylic acids is 2. The van der Waals surface area contributed by atoms with Crippen LogP contribution in [0.3, 0.4) is 0 Å². The Hall–Kier alpha value is -3.61. The van der Waals surface area contributed by atoms with Gasteiger partial charge < -0.3 is 20.5 Å². The van der Waals surface area contributed by atoms with Crippen molar-refractivity contribution in [1.82, 2.24) is 20.2 Å². The molecule has 7 heteroatoms. The largest absolute Gasteiger partial charge is 0.348 e. The van der Waals surface area contributed by atoms with Crippen molar-refractivity contribution in [2.24, 2.45) is 0 Å². The summed E-state index contributed by atoms with van der Waals surface area (Å²) >= 11 is 0. The molecule has 2 heterocycles. The molecular weight excluding hydrogens is 378 g/mol. The summed E-state index contributed by atoms with van der Waals surface area (Å²) < 4.78 is 1.97. The lowest BCUT2D eigenvalue weighted by molar-refractivity contribution is 0.0950. The first-order valence-electron chi connectivity index (χ1n) is 9.90. The summed E-state index contributed by atoms with van der Waals surface area (Å²) in [5, 5.41) is 8.51. The fraction of sp³-hybridized carbons (Fsp3) is 0.261. The zero-order chi connectivity index (χ0) is 21.7. The second kappa shape index (κ2) is 9.26. The standard InChI is InChI=1S/C23H27N5O2/c1-15(2)26-23(30)27-19-10-8-18(9-11-19)14-25-22(29)20-13-16(3)28(17(20)4)21-7-5-6-12-24-21/h5-13,15H,14H2,1-4H3,(H,25,29)(H2,26,27,30). The van der Waals surface area contributed by atoms with Crippen molar-refractivity contribution in [3.05, 3.63) is 77.2 Å². The van der Waals surface area contributed by atoms with E-state index in [-0.39, 0.29) is 18.0 Å². The number of nitrogens with one attached hydrogen (secondary N) is 3. The van der Waals surface area contributed by atoms with Crippen LogP contribution in [0.2, 0.25) is 0 Å². The van der Waals surface area contributed by atoms with Gasteiger partial charge in [0.05, 0.1) is 5.56 Å². The molecule has 3 N–H and O–H groups in total. The Balaban J connectivity index is 1.63. The Kier molecular flexibility index (Phi) is 6.51. The summed E-state index contributed by atoms with van der Waals surface area (Å²) in [6.07, 6.45) is 1.74. The van der Waals surface area contributed by atoms with Gasteiger partial charge in [0.25, 0.3) is 5.91 Å². The number of rotatable bonds is 6. The summed E-state index contributed by atoms with van der Waals surface area (Å²) in [5.41, 5.74) is 4.06. The van der Waals surface area contributed by atoms with Crippen LogP contribution in [0.1, 0.15) is 41.2 Å². The molecule has 0 fully saturated rings. The van der Waals surface area contributed by atoms with E-state index in [1.165, 1.54) is 0 Å². The first-order valence-corrected chi connectivity index (χ1v) is 9.90. The molecule has 3 rings (SSSR count). The van der Waals surface area contributed by atoms with E-state index in [9.17, 15) is 9.59 Å². The number of aromatic nitrogens is 2. The average Bonchev–Trinajstić information content (AvgIpc) is 3.01. The minimum atomic E-state index is -0.241. The monoisotopic (exact) mass is 405 g/mol. The van der Waals surface area contributed by atoms with Gasteiger partial charge in [-0.25, -0.2) is 9.78 Å². The van der Waals surface area contributed by atoms with Gasteiger partial charge >= 0.3 is 6.03 Å². The van der Waals surface area contributed by atoms with Gasteiger partial charge in [0.1, 0.15) is 5.82 Å². The zero-order valence-electron chi connectivity index (χ0n) is 17.7. The highest BCUT2D eigenvalue weighted by Crippen LogP contribution is 2.19. The Bertz CT molecular complexity index is 1020. The van der Waals surface area contributed by atoms with Crippen LogP contribution >= 0.6 is 0 Å². The quantitative estimate of drug-likeness (QED) is 0.580. The number of amides is 3. The van der Waals surface area contributed by atoms with Gasteiger partial charge in [-0.1, -0.05) is 18.2 Å². The molecule has 3 aromatic rings. The zero-order valence-corrected chi connectivity index (χ0v) is 17.7. The molecule has 156 valence electrons. The molecule has 30 heavy (non-hydrogen) atoms. The highest BCUT2D eigenvalue weighted by molar-refractivity contribution is 5.96. The molecule has 0 aliphatic heterocycles. The van der Waals surface area contributed by atoms with Gasteiger partial charge in [0.2, 0.25) is 0 Å². The number of urea groups is 1. The van der Waals surface area contributed by atoms with Gasteiger partial charge in [-0.05, 0) is 63.6 Å². The molecule has 3 amide bonds. The van der Waals surface area contributed by atoms with E-state index in [0.29, 0.717) is 17.8 Å². The predicted molar refractivity (Wildman–Crippen MR) is 118 cm³/mol. The van der Waals surface area contributed by atoms with Gasteiger partial charge in [0.15, 0.2) is 0 Å². The summed E-state index contributed by atoms with van der Waals surface area (Å²) in [6.45, 7) is 8.07. The summed E-state index contributed by atoms with van der Waals surface area (Å²) in [7, 11) is 0. The lowest BCUT2D eigenvalue weighted by Crippen LogP contribution is -2.34. The smallest absolute Gasteiger partial charge is 0.319 e. The lowest BCUT2D eigenvalue weighted by Gasteiger charge is -2.11. The molecule has 2 aromatic heterocycles. The van der Waals surface area contributed by atoms with Gasteiger partial charge in [-0.2, -0.15) is 0 Å². The van der Waals surface area contributed by atoms with Crippen LogP contribution in [0.5, 0.6) is 0 Å². The fourth-order valence-corrected chi connectivity index (χ4v) is 3.24. The molecule has 0 saturated carbocycles. The van der Waals surface area contributed by atoms with Gasteiger partial charge in [-0.15, -0.1) is 0 Å². The third-order valence-electron chi connectivity index (χ3n) is 4.64. The average molecular weight is 406 g/mol. The number of pyridine rings is 1. The molecule has 7 nitrogen and oxygen atoms in total. The second-order valence-corrected chi connectivity index (χ2v) is 7.44. The maximum atomic E-state index is 12.7. The van der Waals surface area contributed by atoms with Crippen molar-refractivity contribution in [1.29, 1.82) is 0 Å². The van der Waals surface area contributed by atoms with Crippen molar-refractivity contribution in [2.45, 2.75) is 40.3 Å². The van der Waals surface area contributed by atoms with E-state index in [1.54, 1.807) is 6.20 Å². The summed E-state index contributed by atoms with van der Waals surface area (Å²) in [4.78, 5) is 28.9. The molecular formula is C23H27N5O2. The first-order chi connectivity index (χ1) is 14.3. The highest BCUT2D eigenvalue weighted by atomic mass is 16.2. The molecule has 0 bridgehead atoms. The normalized spacial score (nSPS) is 10.7. The summed E-state index contributed by atoms with van der Waals surface area (Å²) in [5.74, 6) is 0.653. The van der Waals surface area contributed by atoms with Crippen LogP contribution in [0.25, 0.3) is 5.82 Å². The number of anilines is 1. The van der Waals surface area contributed by atoms with E-state index in [4.69, 9.17) is 0 Å². The Morgan fingerprint density at radius 3 is 2.43 bits per heavy atom. The van der Waals surface area contributed by atoms with Crippen LogP contribution in [-0.4, -0.2) is 27.5 Å². The van der Waals surface area contributed by atoms with Gasteiger partial charge in [0, 0.05) is 35.9 Å². The van der Waals surface area contributed by atoms with Crippen LogP contribution in [0.15, 0.2) is 54.7 Å². The van der Waals surface area contributed by atoms with Crippen molar-refractivity contribution >= 4 is 17.6 Å². The van der Waals surface area contributed by atoms with Crippen molar-refractivity contribution in [2.75, 3.05) is 5.32 Å². The lowest BCUT2D eigenvalue weighted by atomic mass is 10.2. The van der Waals surface area contributed by atoms with Crippen molar-refractivity contribution in [3.8, 4) is 5.82 Å². The van der Waals surface area contributed by atoms with Crippen LogP contribution in [-0.2, 0) is 6.54 Å². The number of nitrogens with zero attached hydrogens (tertiary/aromatic N) is 2. The minimum Gasteiger partial charge on any atom is -0.348 e. The maximum Gasteiger partial charge on any atom is 0.319 e. The Morgan fingerprint density at radius 1 is 1.07 bits per heavy atom. The van der Waals surface area contributed by atoms with Crippen molar-refractivity contribution in [3.63, 3.8) is 0 Å². The second-order valence-electron chi connectivity index (χ2n) is 7.44. The van der Waals surface area contributed by atoms with E-state index in [1.807, 2.05) is 80.8 Å². The SMILES string of the molecule is Cc1cc(C(=O)NCc2ccc(NC(=O)NC(C)C)cc2)c(C)n1-c1ccccn1. The highest BCUT2D eigenvalue weighted by Gasteiger charge is 2.17. The molecule has 0 saturated heterocycles. The molecule has 0 aliphatic carbocycles. The number of hydrogen-bond acceptors (Lipinski definition) is 3. The third-order valence-corrected chi connectivity index (χ3v) is 4.64. The number of carbonyl (C=O) groups is 2. The third kappa shape index (κ3) is 5.05. The fourth-order valence-electron chi connectivity index (χ4n) is 3.24. The van der Waals surface area contributed by atoms with E-state index in [0.717, 1.165) is 22.8 Å². The number of benzene rings is 1. The van der Waals surface area contributed by atoms with Crippen LogP contribution in [0, 0.1) is 13.8 Å². The van der Waals surface area contributed by atoms with E-state index >= 15 is 0 Å². The number of aryl methyl sites for hydroxylation is 1. The molecule has 0 atom stereocenters. The molecule has 0 aliphatic rings. The minimum absolute atomic E-state index is 0.0686. The molecule has 1 aromatic carbocycles. The topological polar surface area (TPSA) is 88.0 Å². The maximum absolute atomic E-state index is 12.7. The molecule has 0 spiro atoms. The van der Waals surface area contributed by atoms with Gasteiger partial charge in [-0.3, -0.25) is 4.79 Å². The predicted octanol–water partition coefficient (Wildman–Crippen LogP) is 3.95. The molecule has 0 unspecified atom stereocenters. The Labute approximate surface area is 176 Å². The first kappa shape index (κ1) is 21.1. The molecule has 0 radical (unpaired) electrons. The number of hydrogen-bond donors (Lipinski definition) is 3.